The standard InChI is InChI=1S/C16H20F2O4/c1-2-3-4-9-21-15(19)7-8-16(20)22-11-12-5-6-13(17)14(18)10-12/h5-6,10H,2-4,7-9,11H2,1H3. The fourth-order valence-corrected chi connectivity index (χ4v) is 1.68. The first-order valence-electron chi connectivity index (χ1n) is 7.28. The molecule has 1 aromatic rings. The summed E-state index contributed by atoms with van der Waals surface area (Å²) in [5, 5.41) is 0. The van der Waals surface area contributed by atoms with Crippen molar-refractivity contribution >= 4 is 11.9 Å². The molecular weight excluding hydrogens is 294 g/mol. The molecule has 1 aromatic carbocycles. The van der Waals surface area contributed by atoms with Crippen LogP contribution in [0.3, 0.4) is 0 Å². The van der Waals surface area contributed by atoms with Crippen molar-refractivity contribution in [1.29, 1.82) is 0 Å². The monoisotopic (exact) mass is 314 g/mol. The summed E-state index contributed by atoms with van der Waals surface area (Å²) in [6.45, 7) is 2.24. The van der Waals surface area contributed by atoms with Crippen LogP contribution in [0.5, 0.6) is 0 Å². The highest BCUT2D eigenvalue weighted by Crippen LogP contribution is 2.10. The minimum Gasteiger partial charge on any atom is -0.466 e. The number of carbonyl (C=O) groups is 2. The Hall–Kier alpha value is -1.98. The van der Waals surface area contributed by atoms with E-state index in [1.807, 2.05) is 6.92 Å². The van der Waals surface area contributed by atoms with Gasteiger partial charge in [0.15, 0.2) is 11.6 Å². The highest BCUT2D eigenvalue weighted by atomic mass is 19.2. The van der Waals surface area contributed by atoms with E-state index in [-0.39, 0.29) is 19.4 Å². The number of ether oxygens (including phenoxy) is 2. The Morgan fingerprint density at radius 1 is 1.00 bits per heavy atom. The summed E-state index contributed by atoms with van der Waals surface area (Å²) in [7, 11) is 0. The molecule has 0 saturated heterocycles. The summed E-state index contributed by atoms with van der Waals surface area (Å²) in [6, 6.07) is 3.25. The van der Waals surface area contributed by atoms with Crippen LogP contribution in [0.2, 0.25) is 0 Å². The predicted molar refractivity (Wildman–Crippen MR) is 75.9 cm³/mol. The van der Waals surface area contributed by atoms with Gasteiger partial charge in [-0.3, -0.25) is 9.59 Å². The minimum absolute atomic E-state index is 0.0528. The zero-order valence-electron chi connectivity index (χ0n) is 12.6. The summed E-state index contributed by atoms with van der Waals surface area (Å²) >= 11 is 0. The molecule has 4 nitrogen and oxygen atoms in total. The van der Waals surface area contributed by atoms with Crippen molar-refractivity contribution in [3.63, 3.8) is 0 Å². The number of rotatable bonds is 9. The minimum atomic E-state index is -0.996. The first-order chi connectivity index (χ1) is 10.5. The molecule has 0 unspecified atom stereocenters. The van der Waals surface area contributed by atoms with Crippen LogP contribution >= 0.6 is 0 Å². The van der Waals surface area contributed by atoms with E-state index in [9.17, 15) is 18.4 Å². The Morgan fingerprint density at radius 2 is 1.68 bits per heavy atom. The van der Waals surface area contributed by atoms with Crippen LogP contribution in [-0.2, 0) is 25.7 Å². The summed E-state index contributed by atoms with van der Waals surface area (Å²) in [5.74, 6) is -2.98. The van der Waals surface area contributed by atoms with Gasteiger partial charge in [-0.25, -0.2) is 8.78 Å². The van der Waals surface area contributed by atoms with Crippen LogP contribution < -0.4 is 0 Å². The largest absolute Gasteiger partial charge is 0.466 e. The van der Waals surface area contributed by atoms with E-state index >= 15 is 0 Å². The van der Waals surface area contributed by atoms with Crippen molar-refractivity contribution < 1.29 is 27.8 Å². The summed E-state index contributed by atoms with van der Waals surface area (Å²) in [4.78, 5) is 22.8. The van der Waals surface area contributed by atoms with Gasteiger partial charge in [0, 0.05) is 0 Å². The lowest BCUT2D eigenvalue weighted by molar-refractivity contribution is -0.151. The lowest BCUT2D eigenvalue weighted by Gasteiger charge is -2.06. The van der Waals surface area contributed by atoms with E-state index in [4.69, 9.17) is 9.47 Å². The molecule has 6 heteroatoms. The average Bonchev–Trinajstić information content (AvgIpc) is 2.50. The number of hydrogen-bond donors (Lipinski definition) is 0. The van der Waals surface area contributed by atoms with Crippen LogP contribution in [0.4, 0.5) is 8.78 Å². The van der Waals surface area contributed by atoms with Crippen molar-refractivity contribution in [3.05, 3.63) is 35.4 Å². The van der Waals surface area contributed by atoms with Crippen molar-refractivity contribution in [3.8, 4) is 0 Å². The molecule has 0 atom stereocenters. The Bertz CT molecular complexity index is 503. The molecule has 0 bridgehead atoms. The van der Waals surface area contributed by atoms with Crippen molar-refractivity contribution in [2.75, 3.05) is 6.61 Å². The number of benzene rings is 1. The highest BCUT2D eigenvalue weighted by molar-refractivity contribution is 5.77. The molecule has 1 rings (SSSR count). The molecule has 22 heavy (non-hydrogen) atoms. The second-order valence-corrected chi connectivity index (χ2v) is 4.84. The highest BCUT2D eigenvalue weighted by Gasteiger charge is 2.10. The molecule has 122 valence electrons. The van der Waals surface area contributed by atoms with Gasteiger partial charge in [0.05, 0.1) is 19.4 Å². The quantitative estimate of drug-likeness (QED) is 0.517. The molecule has 0 aliphatic heterocycles. The number of hydrogen-bond acceptors (Lipinski definition) is 4. The van der Waals surface area contributed by atoms with Crippen LogP contribution in [0.15, 0.2) is 18.2 Å². The molecule has 0 aromatic heterocycles. The van der Waals surface area contributed by atoms with Crippen molar-refractivity contribution in [2.24, 2.45) is 0 Å². The van der Waals surface area contributed by atoms with E-state index in [0.717, 1.165) is 31.4 Å². The first kappa shape index (κ1) is 18.1. The van der Waals surface area contributed by atoms with Crippen LogP contribution in [0.25, 0.3) is 0 Å². The van der Waals surface area contributed by atoms with Gasteiger partial charge in [0.25, 0.3) is 0 Å². The second kappa shape index (κ2) is 9.87. The van der Waals surface area contributed by atoms with Gasteiger partial charge < -0.3 is 9.47 Å². The Kier molecular flexibility index (Phi) is 8.10. The molecular formula is C16H20F2O4. The molecule has 0 aliphatic rings. The van der Waals surface area contributed by atoms with Gasteiger partial charge in [-0.1, -0.05) is 25.8 Å². The molecule has 0 fully saturated rings. The van der Waals surface area contributed by atoms with Gasteiger partial charge >= 0.3 is 11.9 Å². The third-order valence-corrected chi connectivity index (χ3v) is 2.93. The molecule has 0 N–H and O–H groups in total. The van der Waals surface area contributed by atoms with E-state index in [1.54, 1.807) is 0 Å². The molecule has 0 heterocycles. The van der Waals surface area contributed by atoms with Gasteiger partial charge in [0.1, 0.15) is 6.61 Å². The fraction of sp³-hybridized carbons (Fsp3) is 0.500. The van der Waals surface area contributed by atoms with Gasteiger partial charge in [-0.05, 0) is 24.1 Å². The predicted octanol–water partition coefficient (Wildman–Crippen LogP) is 3.52. The topological polar surface area (TPSA) is 52.6 Å². The lowest BCUT2D eigenvalue weighted by atomic mass is 10.2. The third kappa shape index (κ3) is 7.15. The second-order valence-electron chi connectivity index (χ2n) is 4.84. The number of unbranched alkanes of at least 4 members (excludes halogenated alkanes) is 2. The normalized spacial score (nSPS) is 10.3. The third-order valence-electron chi connectivity index (χ3n) is 2.93. The molecule has 0 radical (unpaired) electrons. The molecule has 0 saturated carbocycles. The molecule has 0 amide bonds. The maximum Gasteiger partial charge on any atom is 0.306 e. The van der Waals surface area contributed by atoms with Gasteiger partial charge in [-0.2, -0.15) is 0 Å². The summed E-state index contributed by atoms with van der Waals surface area (Å²) in [6.07, 6.45) is 2.68. The smallest absolute Gasteiger partial charge is 0.306 e. The van der Waals surface area contributed by atoms with Crippen LogP contribution in [0.1, 0.15) is 44.6 Å². The summed E-state index contributed by atoms with van der Waals surface area (Å²) < 4.78 is 35.5. The number of carbonyl (C=O) groups excluding carboxylic acids is 2. The SMILES string of the molecule is CCCCCOC(=O)CCC(=O)OCc1ccc(F)c(F)c1. The van der Waals surface area contributed by atoms with E-state index < -0.39 is 23.6 Å². The maximum absolute atomic E-state index is 13.0. The van der Waals surface area contributed by atoms with Crippen LogP contribution in [0, 0.1) is 11.6 Å². The molecule has 0 spiro atoms. The van der Waals surface area contributed by atoms with E-state index in [1.165, 1.54) is 6.07 Å². The number of halogens is 2. The van der Waals surface area contributed by atoms with Crippen molar-refractivity contribution in [2.45, 2.75) is 45.6 Å². The zero-order valence-corrected chi connectivity index (χ0v) is 12.6. The van der Waals surface area contributed by atoms with E-state index in [0.29, 0.717) is 12.2 Å². The van der Waals surface area contributed by atoms with Gasteiger partial charge in [-0.15, -0.1) is 0 Å². The zero-order chi connectivity index (χ0) is 16.4. The maximum atomic E-state index is 13.0. The van der Waals surface area contributed by atoms with E-state index in [2.05, 4.69) is 0 Å². The molecule has 0 aliphatic carbocycles. The lowest BCUT2D eigenvalue weighted by Crippen LogP contribution is -2.11. The average molecular weight is 314 g/mol. The first-order valence-corrected chi connectivity index (χ1v) is 7.28. The number of esters is 2. The van der Waals surface area contributed by atoms with Crippen LogP contribution in [-0.4, -0.2) is 18.5 Å². The Labute approximate surface area is 128 Å². The Balaban J connectivity index is 2.20. The van der Waals surface area contributed by atoms with Crippen molar-refractivity contribution in [1.82, 2.24) is 0 Å². The Morgan fingerprint density at radius 3 is 2.32 bits per heavy atom. The van der Waals surface area contributed by atoms with Gasteiger partial charge in [0.2, 0.25) is 0 Å². The fourth-order valence-electron chi connectivity index (χ4n) is 1.68. The summed E-state index contributed by atoms with van der Waals surface area (Å²) in [5.41, 5.74) is 0.342.